The highest BCUT2D eigenvalue weighted by atomic mass is 16.7. The first-order chi connectivity index (χ1) is 23.7. The number of hydrogen-bond donors (Lipinski definition) is 0. The van der Waals surface area contributed by atoms with E-state index in [0.29, 0.717) is 5.69 Å². The average Bonchev–Trinajstić information content (AvgIpc) is 3.37. The van der Waals surface area contributed by atoms with Gasteiger partial charge in [0.2, 0.25) is 6.79 Å². The van der Waals surface area contributed by atoms with Gasteiger partial charge in [0.25, 0.3) is 0 Å². The maximum absolute atomic E-state index is 7.55. The molecule has 0 radical (unpaired) electrons. The third kappa shape index (κ3) is 4.67. The van der Waals surface area contributed by atoms with Crippen LogP contribution >= 0.6 is 0 Å². The van der Waals surface area contributed by atoms with Crippen LogP contribution in [-0.2, 0) is 0 Å². The van der Waals surface area contributed by atoms with Gasteiger partial charge in [-0.1, -0.05) is 91.0 Å². The molecule has 0 bridgehead atoms. The Morgan fingerprint density at radius 1 is 0.521 bits per heavy atom. The van der Waals surface area contributed by atoms with E-state index >= 15 is 0 Å². The van der Waals surface area contributed by atoms with Crippen molar-refractivity contribution in [2.75, 3.05) is 6.79 Å². The zero-order chi connectivity index (χ0) is 32.0. The maximum Gasteiger partial charge on any atom is 0.230 e. The van der Waals surface area contributed by atoms with Crippen molar-refractivity contribution in [3.8, 4) is 62.0 Å². The van der Waals surface area contributed by atoms with Crippen LogP contribution in [0, 0.1) is 6.57 Å². The highest BCUT2D eigenvalue weighted by Crippen LogP contribution is 2.44. The number of pyridine rings is 1. The molecule has 0 fully saturated rings. The average molecular weight is 618 g/mol. The van der Waals surface area contributed by atoms with Gasteiger partial charge in [0.05, 0.1) is 29.0 Å². The Hall–Kier alpha value is -6.64. The predicted molar refractivity (Wildman–Crippen MR) is 193 cm³/mol. The molecule has 0 unspecified atom stereocenters. The quantitative estimate of drug-likeness (QED) is 0.185. The van der Waals surface area contributed by atoms with Crippen LogP contribution in [0.25, 0.3) is 77.1 Å². The molecule has 0 amide bonds. The number of nitrogens with zero attached hydrogens (tertiary/aromatic N) is 3. The minimum absolute atomic E-state index is 0.110. The molecule has 2 aromatic heterocycles. The molecular weight excluding hydrogens is 590 g/mol. The van der Waals surface area contributed by atoms with Gasteiger partial charge in [-0.25, -0.2) is 9.83 Å². The SMILES string of the molecule is [C-]#[N+]c1ccc2c(c1)c1ccccc1n2-c1ccc2c(c1)-c1ccc(-c3cc(-c4ccccc4)nc(-c4ccccc4)c3)cc1OCO2. The number of rotatable bonds is 4. The lowest BCUT2D eigenvalue weighted by Crippen LogP contribution is -2.03. The molecule has 1 aliphatic heterocycles. The van der Waals surface area contributed by atoms with Gasteiger partial charge in [-0.15, -0.1) is 0 Å². The van der Waals surface area contributed by atoms with Gasteiger partial charge < -0.3 is 14.0 Å². The Morgan fingerprint density at radius 3 is 1.96 bits per heavy atom. The second-order valence-electron chi connectivity index (χ2n) is 11.8. The molecule has 226 valence electrons. The molecule has 3 heterocycles. The molecule has 0 N–H and O–H groups in total. The number of fused-ring (bicyclic) bond motifs is 6. The van der Waals surface area contributed by atoms with Crippen LogP contribution in [-0.4, -0.2) is 16.3 Å². The van der Waals surface area contributed by atoms with Crippen LogP contribution in [0.2, 0.25) is 0 Å². The van der Waals surface area contributed by atoms with E-state index in [4.69, 9.17) is 21.0 Å². The van der Waals surface area contributed by atoms with Crippen LogP contribution in [0.3, 0.4) is 0 Å². The molecule has 48 heavy (non-hydrogen) atoms. The smallest absolute Gasteiger partial charge is 0.230 e. The molecule has 1 aliphatic rings. The number of para-hydroxylation sites is 1. The third-order valence-electron chi connectivity index (χ3n) is 9.01. The first-order valence-electron chi connectivity index (χ1n) is 15.8. The van der Waals surface area contributed by atoms with Gasteiger partial charge in [-0.2, -0.15) is 0 Å². The van der Waals surface area contributed by atoms with Crippen molar-refractivity contribution < 1.29 is 9.47 Å². The molecule has 0 atom stereocenters. The molecule has 0 saturated heterocycles. The number of benzene rings is 6. The van der Waals surface area contributed by atoms with Gasteiger partial charge in [0, 0.05) is 33.3 Å². The van der Waals surface area contributed by atoms with Gasteiger partial charge in [-0.3, -0.25) is 0 Å². The van der Waals surface area contributed by atoms with Crippen molar-refractivity contribution in [1.82, 2.24) is 9.55 Å². The van der Waals surface area contributed by atoms with E-state index in [0.717, 1.165) is 83.8 Å². The first kappa shape index (κ1) is 27.7. The molecule has 0 saturated carbocycles. The lowest BCUT2D eigenvalue weighted by atomic mass is 9.96. The second kappa shape index (κ2) is 11.3. The van der Waals surface area contributed by atoms with Crippen LogP contribution in [0.15, 0.2) is 152 Å². The predicted octanol–water partition coefficient (Wildman–Crippen LogP) is 11.1. The maximum atomic E-state index is 7.55. The summed E-state index contributed by atoms with van der Waals surface area (Å²) in [5.41, 5.74) is 11.7. The summed E-state index contributed by atoms with van der Waals surface area (Å²) in [6.45, 7) is 7.66. The highest BCUT2D eigenvalue weighted by molar-refractivity contribution is 6.10. The molecule has 6 aromatic carbocycles. The highest BCUT2D eigenvalue weighted by Gasteiger charge is 2.21. The van der Waals surface area contributed by atoms with E-state index < -0.39 is 0 Å². The van der Waals surface area contributed by atoms with Crippen molar-refractivity contribution in [2.45, 2.75) is 0 Å². The summed E-state index contributed by atoms with van der Waals surface area (Å²) >= 11 is 0. The minimum Gasteiger partial charge on any atom is -0.457 e. The molecule has 0 spiro atoms. The third-order valence-corrected chi connectivity index (χ3v) is 9.01. The summed E-state index contributed by atoms with van der Waals surface area (Å²) in [6, 6.07) is 51.7. The molecular formula is C43H27N3O2. The molecule has 0 aliphatic carbocycles. The minimum atomic E-state index is 0.110. The first-order valence-corrected chi connectivity index (χ1v) is 15.8. The largest absolute Gasteiger partial charge is 0.457 e. The van der Waals surface area contributed by atoms with E-state index in [2.05, 4.69) is 94.3 Å². The van der Waals surface area contributed by atoms with Crippen LogP contribution in [0.5, 0.6) is 11.5 Å². The number of aromatic nitrogens is 2. The van der Waals surface area contributed by atoms with Gasteiger partial charge in [-0.05, 0) is 77.2 Å². The topological polar surface area (TPSA) is 40.6 Å². The second-order valence-corrected chi connectivity index (χ2v) is 11.8. The fourth-order valence-electron chi connectivity index (χ4n) is 6.71. The monoisotopic (exact) mass is 617 g/mol. The summed E-state index contributed by atoms with van der Waals surface area (Å²) in [6.07, 6.45) is 0. The zero-order valence-electron chi connectivity index (χ0n) is 25.8. The Kier molecular flexibility index (Phi) is 6.51. The molecule has 5 nitrogen and oxygen atoms in total. The van der Waals surface area contributed by atoms with Gasteiger partial charge in [0.15, 0.2) is 5.69 Å². The van der Waals surface area contributed by atoms with Crippen molar-refractivity contribution in [3.63, 3.8) is 0 Å². The van der Waals surface area contributed by atoms with E-state index in [1.165, 1.54) is 0 Å². The summed E-state index contributed by atoms with van der Waals surface area (Å²) in [5.74, 6) is 1.52. The summed E-state index contributed by atoms with van der Waals surface area (Å²) < 4.78 is 14.6. The van der Waals surface area contributed by atoms with E-state index in [-0.39, 0.29) is 6.79 Å². The number of ether oxygens (including phenoxy) is 2. The van der Waals surface area contributed by atoms with Crippen molar-refractivity contribution >= 4 is 27.5 Å². The fourth-order valence-corrected chi connectivity index (χ4v) is 6.71. The summed E-state index contributed by atoms with van der Waals surface area (Å²) in [7, 11) is 0. The lowest BCUT2D eigenvalue weighted by Gasteiger charge is -2.14. The molecule has 8 aromatic rings. The summed E-state index contributed by atoms with van der Waals surface area (Å²) in [4.78, 5) is 8.73. The van der Waals surface area contributed by atoms with Crippen LogP contribution in [0.1, 0.15) is 0 Å². The van der Waals surface area contributed by atoms with Crippen molar-refractivity contribution in [2.24, 2.45) is 0 Å². The zero-order valence-corrected chi connectivity index (χ0v) is 25.8. The Balaban J connectivity index is 1.18. The van der Waals surface area contributed by atoms with E-state index in [9.17, 15) is 0 Å². The fraction of sp³-hybridized carbons (Fsp3) is 0.0233. The van der Waals surface area contributed by atoms with E-state index in [1.54, 1.807) is 0 Å². The van der Waals surface area contributed by atoms with Gasteiger partial charge >= 0.3 is 0 Å². The van der Waals surface area contributed by atoms with Crippen LogP contribution in [0.4, 0.5) is 5.69 Å². The molecule has 5 heteroatoms. The Labute approximate surface area is 277 Å². The van der Waals surface area contributed by atoms with E-state index in [1.807, 2.05) is 66.7 Å². The van der Waals surface area contributed by atoms with Gasteiger partial charge in [0.1, 0.15) is 11.5 Å². The summed E-state index contributed by atoms with van der Waals surface area (Å²) in [5, 5.41) is 2.17. The lowest BCUT2D eigenvalue weighted by molar-refractivity contribution is 0.125. The molecule has 9 rings (SSSR count). The van der Waals surface area contributed by atoms with Crippen LogP contribution < -0.4 is 9.47 Å². The number of hydrogen-bond acceptors (Lipinski definition) is 3. The Morgan fingerprint density at radius 2 is 1.21 bits per heavy atom. The standard InChI is InChI=1S/C43H27N3O2/c1-44-32-17-20-41-36(25-32)34-14-8-9-15-40(34)46(41)33-18-21-42-37(26-33)35-19-16-30(24-43(35)48-27-47-42)31-22-38(28-10-4-2-5-11-28)45-39(23-31)29-12-6-3-7-13-29/h2-26H,27H2. The van der Waals surface area contributed by atoms with Crippen molar-refractivity contribution in [1.29, 1.82) is 0 Å². The van der Waals surface area contributed by atoms with Crippen molar-refractivity contribution in [3.05, 3.63) is 163 Å². The Bertz CT molecular complexity index is 2490. The normalized spacial score (nSPS) is 12.0.